The SMILES string of the molecule is O=C(O)CC1Cc2cc(C(=O)NCCCC3CCNCC3)ccc2CN(CCCCCc2ccccc2)C1=O. The van der Waals surface area contributed by atoms with E-state index in [4.69, 9.17) is 0 Å². The number of carboxylic acid groups (broad SMARTS) is 1. The molecule has 7 heteroatoms. The molecule has 3 N–H and O–H groups in total. The van der Waals surface area contributed by atoms with Crippen molar-refractivity contribution >= 4 is 17.8 Å². The lowest BCUT2D eigenvalue weighted by molar-refractivity contribution is -0.144. The van der Waals surface area contributed by atoms with E-state index in [-0.39, 0.29) is 18.2 Å². The van der Waals surface area contributed by atoms with E-state index in [1.807, 2.05) is 29.2 Å². The van der Waals surface area contributed by atoms with Crippen molar-refractivity contribution in [3.8, 4) is 0 Å². The van der Waals surface area contributed by atoms with Crippen LogP contribution in [-0.2, 0) is 29.0 Å². The molecule has 0 aliphatic carbocycles. The van der Waals surface area contributed by atoms with Crippen LogP contribution < -0.4 is 10.6 Å². The van der Waals surface area contributed by atoms with Gasteiger partial charge in [-0.1, -0.05) is 42.8 Å². The van der Waals surface area contributed by atoms with Crippen molar-refractivity contribution in [2.75, 3.05) is 26.2 Å². The Morgan fingerprint density at radius 3 is 2.54 bits per heavy atom. The molecule has 2 aromatic carbocycles. The molecule has 2 aliphatic rings. The summed E-state index contributed by atoms with van der Waals surface area (Å²) in [5.74, 6) is -1.05. The molecule has 210 valence electrons. The second-order valence-electron chi connectivity index (χ2n) is 11.1. The number of rotatable bonds is 13. The van der Waals surface area contributed by atoms with Crippen molar-refractivity contribution in [1.82, 2.24) is 15.5 Å². The molecule has 2 heterocycles. The molecule has 4 rings (SSSR count). The minimum absolute atomic E-state index is 0.0967. The van der Waals surface area contributed by atoms with Crippen molar-refractivity contribution in [2.45, 2.75) is 70.8 Å². The zero-order valence-corrected chi connectivity index (χ0v) is 23.0. The van der Waals surface area contributed by atoms with Crippen molar-refractivity contribution in [1.29, 1.82) is 0 Å². The van der Waals surface area contributed by atoms with Gasteiger partial charge in [0.2, 0.25) is 5.91 Å². The number of aryl methyl sites for hydroxylation is 1. The molecule has 2 amide bonds. The number of carboxylic acids is 1. The maximum absolute atomic E-state index is 13.3. The molecule has 0 spiro atoms. The van der Waals surface area contributed by atoms with Gasteiger partial charge in [0.25, 0.3) is 5.91 Å². The summed E-state index contributed by atoms with van der Waals surface area (Å²) in [5.41, 5.74) is 3.80. The zero-order chi connectivity index (χ0) is 27.5. The van der Waals surface area contributed by atoms with Gasteiger partial charge in [0.05, 0.1) is 12.3 Å². The maximum Gasteiger partial charge on any atom is 0.304 e. The number of benzene rings is 2. The summed E-state index contributed by atoms with van der Waals surface area (Å²) in [5, 5.41) is 15.9. The first-order valence-corrected chi connectivity index (χ1v) is 14.6. The van der Waals surface area contributed by atoms with Crippen molar-refractivity contribution in [3.05, 3.63) is 70.8 Å². The van der Waals surface area contributed by atoms with Gasteiger partial charge in [-0.3, -0.25) is 14.4 Å². The van der Waals surface area contributed by atoms with Crippen LogP contribution >= 0.6 is 0 Å². The summed E-state index contributed by atoms with van der Waals surface area (Å²) in [7, 11) is 0. The lowest BCUT2D eigenvalue weighted by atomic mass is 9.92. The van der Waals surface area contributed by atoms with E-state index in [2.05, 4.69) is 34.9 Å². The highest BCUT2D eigenvalue weighted by molar-refractivity contribution is 5.94. The molecule has 1 saturated heterocycles. The second-order valence-corrected chi connectivity index (χ2v) is 11.1. The van der Waals surface area contributed by atoms with Crippen LogP contribution in [0.4, 0.5) is 0 Å². The fourth-order valence-electron chi connectivity index (χ4n) is 5.88. The normalized spacial score (nSPS) is 17.9. The third-order valence-electron chi connectivity index (χ3n) is 8.15. The molecule has 0 aromatic heterocycles. The number of nitrogens with zero attached hydrogens (tertiary/aromatic N) is 1. The highest BCUT2D eigenvalue weighted by Gasteiger charge is 2.31. The van der Waals surface area contributed by atoms with Gasteiger partial charge >= 0.3 is 5.97 Å². The summed E-state index contributed by atoms with van der Waals surface area (Å²) in [6.07, 6.45) is 8.62. The van der Waals surface area contributed by atoms with Crippen molar-refractivity contribution in [3.63, 3.8) is 0 Å². The first-order valence-electron chi connectivity index (χ1n) is 14.6. The van der Waals surface area contributed by atoms with Gasteiger partial charge in [0.1, 0.15) is 0 Å². The van der Waals surface area contributed by atoms with Gasteiger partial charge in [-0.25, -0.2) is 0 Å². The molecular weight excluding hydrogens is 490 g/mol. The van der Waals surface area contributed by atoms with E-state index < -0.39 is 11.9 Å². The number of nitrogens with one attached hydrogen (secondary N) is 2. The fraction of sp³-hybridized carbons (Fsp3) is 0.531. The first kappa shape index (κ1) is 28.8. The molecule has 39 heavy (non-hydrogen) atoms. The van der Waals surface area contributed by atoms with Crippen LogP contribution in [0.15, 0.2) is 48.5 Å². The van der Waals surface area contributed by atoms with Crippen LogP contribution in [0.25, 0.3) is 0 Å². The number of amides is 2. The molecule has 2 aromatic rings. The number of carbonyl (C=O) groups is 3. The van der Waals surface area contributed by atoms with Crippen LogP contribution in [0.5, 0.6) is 0 Å². The first-order chi connectivity index (χ1) is 19.0. The number of unbranched alkanes of at least 4 members (excludes halogenated alkanes) is 2. The van der Waals surface area contributed by atoms with Crippen LogP contribution in [0.1, 0.15) is 78.4 Å². The van der Waals surface area contributed by atoms with Crippen LogP contribution in [0.2, 0.25) is 0 Å². The molecule has 0 bridgehead atoms. The lowest BCUT2D eigenvalue weighted by Gasteiger charge is -2.24. The van der Waals surface area contributed by atoms with Gasteiger partial charge in [-0.2, -0.15) is 0 Å². The van der Waals surface area contributed by atoms with Crippen molar-refractivity contribution in [2.24, 2.45) is 11.8 Å². The van der Waals surface area contributed by atoms with Gasteiger partial charge in [0, 0.05) is 25.2 Å². The molecule has 1 unspecified atom stereocenters. The molecular formula is C32H43N3O4. The molecule has 0 radical (unpaired) electrons. The smallest absolute Gasteiger partial charge is 0.304 e. The van der Waals surface area contributed by atoms with Gasteiger partial charge in [-0.15, -0.1) is 0 Å². The highest BCUT2D eigenvalue weighted by Crippen LogP contribution is 2.27. The number of aliphatic carboxylic acids is 1. The van der Waals surface area contributed by atoms with E-state index in [1.165, 1.54) is 18.4 Å². The highest BCUT2D eigenvalue weighted by atomic mass is 16.4. The van der Waals surface area contributed by atoms with Gasteiger partial charge in [-0.05, 0) is 99.2 Å². The zero-order valence-electron chi connectivity index (χ0n) is 23.0. The number of hydrogen-bond donors (Lipinski definition) is 3. The van der Waals surface area contributed by atoms with Gasteiger partial charge < -0.3 is 20.6 Å². The average molecular weight is 534 g/mol. The van der Waals surface area contributed by atoms with Crippen LogP contribution in [0, 0.1) is 11.8 Å². The van der Waals surface area contributed by atoms with E-state index in [1.54, 1.807) is 0 Å². The number of hydrogen-bond acceptors (Lipinski definition) is 4. The molecule has 0 saturated carbocycles. The summed E-state index contributed by atoms with van der Waals surface area (Å²) in [6.45, 7) is 3.90. The Kier molecular flexibility index (Phi) is 11.0. The average Bonchev–Trinajstić information content (AvgIpc) is 3.07. The third-order valence-corrected chi connectivity index (χ3v) is 8.15. The summed E-state index contributed by atoms with van der Waals surface area (Å²) >= 11 is 0. The van der Waals surface area contributed by atoms with E-state index >= 15 is 0 Å². The summed E-state index contributed by atoms with van der Waals surface area (Å²) in [4.78, 5) is 39.6. The molecule has 1 atom stereocenters. The fourth-order valence-corrected chi connectivity index (χ4v) is 5.88. The van der Waals surface area contributed by atoms with Crippen LogP contribution in [0.3, 0.4) is 0 Å². The number of carbonyl (C=O) groups excluding carboxylic acids is 2. The minimum Gasteiger partial charge on any atom is -0.481 e. The topological polar surface area (TPSA) is 98.7 Å². The molecule has 1 fully saturated rings. The Hall–Kier alpha value is -3.19. The largest absolute Gasteiger partial charge is 0.481 e. The predicted molar refractivity (Wildman–Crippen MR) is 152 cm³/mol. The Morgan fingerprint density at radius 1 is 0.974 bits per heavy atom. The molecule has 2 aliphatic heterocycles. The standard InChI is InChI=1S/C32H43N3O4/c36-30(37)22-29-21-28-20-26(31(38)34-16-7-11-25-14-17-33-18-15-25)12-13-27(28)23-35(32(29)39)19-6-2-5-10-24-8-3-1-4-9-24/h1,3-4,8-9,12-13,20,25,29,33H,2,5-7,10-11,14-19,21-23H2,(H,34,38)(H,36,37). The minimum atomic E-state index is -0.970. The third kappa shape index (κ3) is 8.92. The second kappa shape index (κ2) is 14.8. The van der Waals surface area contributed by atoms with E-state index in [0.717, 1.165) is 68.7 Å². The monoisotopic (exact) mass is 533 g/mol. The van der Waals surface area contributed by atoms with Gasteiger partial charge in [0.15, 0.2) is 0 Å². The Bertz CT molecular complexity index is 1100. The Morgan fingerprint density at radius 2 is 1.77 bits per heavy atom. The Balaban J connectivity index is 1.32. The molecule has 7 nitrogen and oxygen atoms in total. The number of fused-ring (bicyclic) bond motifs is 1. The lowest BCUT2D eigenvalue weighted by Crippen LogP contribution is -2.36. The quantitative estimate of drug-likeness (QED) is 0.327. The number of piperidine rings is 1. The van der Waals surface area contributed by atoms with E-state index in [0.29, 0.717) is 31.6 Å². The van der Waals surface area contributed by atoms with Crippen LogP contribution in [-0.4, -0.2) is 54.0 Å². The summed E-state index contributed by atoms with van der Waals surface area (Å²) in [6, 6.07) is 16.0. The maximum atomic E-state index is 13.3. The van der Waals surface area contributed by atoms with E-state index in [9.17, 15) is 19.5 Å². The summed E-state index contributed by atoms with van der Waals surface area (Å²) < 4.78 is 0. The Labute approximate surface area is 232 Å². The van der Waals surface area contributed by atoms with Crippen molar-refractivity contribution < 1.29 is 19.5 Å². The predicted octanol–water partition coefficient (Wildman–Crippen LogP) is 4.58.